The fraction of sp³-hybridized carbons (Fsp3) is 0.462. The van der Waals surface area contributed by atoms with Crippen LogP contribution in [0, 0.1) is 5.41 Å². The lowest BCUT2D eigenvalue weighted by atomic mass is 9.88. The van der Waals surface area contributed by atoms with Gasteiger partial charge in [-0.25, -0.2) is 4.79 Å². The first-order valence-electron chi connectivity index (χ1n) is 11.4. The van der Waals surface area contributed by atoms with Crippen molar-refractivity contribution in [1.82, 2.24) is 0 Å². The summed E-state index contributed by atoms with van der Waals surface area (Å²) in [6, 6.07) is 21.7. The smallest absolute Gasteiger partial charge is 0.351 e. The van der Waals surface area contributed by atoms with Gasteiger partial charge in [-0.3, -0.25) is 0 Å². The molecule has 0 aliphatic carbocycles. The molecule has 0 aromatic heterocycles. The van der Waals surface area contributed by atoms with Crippen LogP contribution in [0.25, 0.3) is 0 Å². The number of aliphatic carboxylic acids is 2. The minimum absolute atomic E-state index is 0.00666. The molecular weight excluding hydrogens is 422 g/mol. The van der Waals surface area contributed by atoms with Crippen LogP contribution in [-0.2, 0) is 19.1 Å². The summed E-state index contributed by atoms with van der Waals surface area (Å²) < 4.78 is 11.6. The molecule has 0 spiro atoms. The highest BCUT2D eigenvalue weighted by Gasteiger charge is 2.27. The fourth-order valence-electron chi connectivity index (χ4n) is 3.65. The van der Waals surface area contributed by atoms with Crippen molar-refractivity contribution in [1.29, 1.82) is 0 Å². The van der Waals surface area contributed by atoms with E-state index >= 15 is 0 Å². The van der Waals surface area contributed by atoms with Crippen LogP contribution < -0.4 is 10.4 Å². The summed E-state index contributed by atoms with van der Waals surface area (Å²) in [5.41, 5.74) is 2.97. The first-order chi connectivity index (χ1) is 15.8. The molecule has 33 heavy (non-hydrogen) atoms. The SMILES string of the molecule is CC1(C)COC(CCC[NH2+]CCC(c2ccccc2)c2ccccc2)OC1.O=C([O-])C(=O)O. The number of hydrogen-bond donors (Lipinski definition) is 2. The van der Waals surface area contributed by atoms with Gasteiger partial charge in [-0.05, 0) is 11.1 Å². The van der Waals surface area contributed by atoms with Gasteiger partial charge >= 0.3 is 5.97 Å². The Bertz CT molecular complexity index is 779. The molecule has 1 fully saturated rings. The molecule has 2 aromatic carbocycles. The first-order valence-corrected chi connectivity index (χ1v) is 11.4. The van der Waals surface area contributed by atoms with Gasteiger partial charge in [0.1, 0.15) is 0 Å². The first kappa shape index (κ1) is 26.5. The van der Waals surface area contributed by atoms with Crippen molar-refractivity contribution in [2.45, 2.75) is 45.3 Å². The van der Waals surface area contributed by atoms with E-state index in [-0.39, 0.29) is 11.7 Å². The monoisotopic (exact) mass is 457 g/mol. The van der Waals surface area contributed by atoms with E-state index < -0.39 is 11.9 Å². The van der Waals surface area contributed by atoms with Gasteiger partial charge in [-0.15, -0.1) is 0 Å². The lowest BCUT2D eigenvalue weighted by Crippen LogP contribution is -2.84. The molecule has 3 N–H and O–H groups in total. The van der Waals surface area contributed by atoms with Crippen molar-refractivity contribution >= 4 is 11.9 Å². The third-order valence-electron chi connectivity index (χ3n) is 5.41. The van der Waals surface area contributed by atoms with Gasteiger partial charge in [0, 0.05) is 30.6 Å². The van der Waals surface area contributed by atoms with Gasteiger partial charge in [0.25, 0.3) is 0 Å². The number of rotatable bonds is 9. The van der Waals surface area contributed by atoms with Gasteiger partial charge in [0.05, 0.1) is 26.3 Å². The van der Waals surface area contributed by atoms with Gasteiger partial charge in [-0.1, -0.05) is 74.5 Å². The lowest BCUT2D eigenvalue weighted by Gasteiger charge is -2.34. The number of quaternary nitrogens is 1. The molecule has 0 amide bonds. The number of ether oxygens (including phenoxy) is 2. The maximum absolute atomic E-state index is 9.04. The summed E-state index contributed by atoms with van der Waals surface area (Å²) in [5, 5.41) is 18.8. The van der Waals surface area contributed by atoms with E-state index in [0.29, 0.717) is 5.92 Å². The standard InChI is InChI=1S/C24H33NO2.C2H2O4/c1-24(2)18-26-23(27-19-24)14-9-16-25-17-15-22(20-10-5-3-6-11-20)21-12-7-4-8-13-21;3-1(4)2(5)6/h3-8,10-13,22-23,25H,9,14-19H2,1-2H3;(H,3,4)(H,5,6). The summed E-state index contributed by atoms with van der Waals surface area (Å²) >= 11 is 0. The van der Waals surface area contributed by atoms with Crippen LogP contribution in [0.15, 0.2) is 60.7 Å². The lowest BCUT2D eigenvalue weighted by molar-refractivity contribution is -0.655. The summed E-state index contributed by atoms with van der Waals surface area (Å²) in [6.45, 7) is 8.24. The highest BCUT2D eigenvalue weighted by atomic mass is 16.7. The molecule has 7 heteroatoms. The largest absolute Gasteiger partial charge is 0.539 e. The number of carboxylic acid groups (broad SMARTS) is 2. The maximum Gasteiger partial charge on any atom is 0.351 e. The second-order valence-electron chi connectivity index (χ2n) is 8.98. The topological polar surface area (TPSA) is 113 Å². The van der Waals surface area contributed by atoms with Gasteiger partial charge in [0.2, 0.25) is 0 Å². The predicted molar refractivity (Wildman–Crippen MR) is 122 cm³/mol. The molecule has 3 rings (SSSR count). The summed E-state index contributed by atoms with van der Waals surface area (Å²) in [5.74, 6) is -3.54. The third kappa shape index (κ3) is 10.2. The van der Waals surface area contributed by atoms with Crippen molar-refractivity contribution in [3.05, 3.63) is 71.8 Å². The molecule has 1 heterocycles. The normalized spacial score (nSPS) is 15.5. The average molecular weight is 458 g/mol. The molecular formula is C26H35NO6. The zero-order valence-corrected chi connectivity index (χ0v) is 19.4. The van der Waals surface area contributed by atoms with Crippen molar-refractivity contribution < 1.29 is 34.6 Å². The van der Waals surface area contributed by atoms with Crippen molar-refractivity contribution in [2.24, 2.45) is 5.41 Å². The Labute approximate surface area is 195 Å². The van der Waals surface area contributed by atoms with Gasteiger partial charge < -0.3 is 29.8 Å². The zero-order valence-electron chi connectivity index (χ0n) is 19.4. The van der Waals surface area contributed by atoms with E-state index in [1.807, 2.05) is 0 Å². The minimum atomic E-state index is -2.07. The van der Waals surface area contributed by atoms with E-state index in [9.17, 15) is 0 Å². The highest BCUT2D eigenvalue weighted by molar-refractivity contribution is 6.26. The second kappa shape index (κ2) is 13.7. The van der Waals surface area contributed by atoms with Crippen LogP contribution in [0.3, 0.4) is 0 Å². The van der Waals surface area contributed by atoms with E-state index in [1.54, 1.807) is 0 Å². The Morgan fingerprint density at radius 3 is 1.94 bits per heavy atom. The molecule has 0 unspecified atom stereocenters. The minimum Gasteiger partial charge on any atom is -0.539 e. The molecule has 0 bridgehead atoms. The molecule has 0 atom stereocenters. The molecule has 0 radical (unpaired) electrons. The van der Waals surface area contributed by atoms with Crippen molar-refractivity contribution in [3.8, 4) is 0 Å². The second-order valence-corrected chi connectivity index (χ2v) is 8.98. The predicted octanol–water partition coefficient (Wildman–Crippen LogP) is 1.77. The summed E-state index contributed by atoms with van der Waals surface area (Å²) in [6.07, 6.45) is 3.27. The van der Waals surface area contributed by atoms with E-state index in [2.05, 4.69) is 79.8 Å². The number of nitrogens with two attached hydrogens (primary N) is 1. The Morgan fingerprint density at radius 2 is 1.48 bits per heavy atom. The Hall–Kier alpha value is -2.74. The number of carbonyl (C=O) groups is 2. The summed E-state index contributed by atoms with van der Waals surface area (Å²) in [4.78, 5) is 18.0. The Morgan fingerprint density at radius 1 is 1.00 bits per heavy atom. The van der Waals surface area contributed by atoms with Crippen molar-refractivity contribution in [3.63, 3.8) is 0 Å². The molecule has 2 aromatic rings. The van der Waals surface area contributed by atoms with Crippen molar-refractivity contribution in [2.75, 3.05) is 26.3 Å². The van der Waals surface area contributed by atoms with Crippen LogP contribution in [0.4, 0.5) is 0 Å². The molecule has 1 aliphatic rings. The Balaban J connectivity index is 0.000000569. The molecule has 180 valence electrons. The van der Waals surface area contributed by atoms with E-state index in [0.717, 1.165) is 45.6 Å². The van der Waals surface area contributed by atoms with Crippen LogP contribution in [0.5, 0.6) is 0 Å². The van der Waals surface area contributed by atoms with E-state index in [4.69, 9.17) is 29.3 Å². The maximum atomic E-state index is 9.04. The fourth-order valence-corrected chi connectivity index (χ4v) is 3.65. The zero-order chi connectivity index (χ0) is 24.1. The number of carboxylic acids is 2. The molecule has 0 saturated carbocycles. The summed E-state index contributed by atoms with van der Waals surface area (Å²) in [7, 11) is 0. The number of carbonyl (C=O) groups excluding carboxylic acids is 1. The van der Waals surface area contributed by atoms with Gasteiger partial charge in [-0.2, -0.15) is 0 Å². The van der Waals surface area contributed by atoms with Crippen LogP contribution >= 0.6 is 0 Å². The van der Waals surface area contributed by atoms with Gasteiger partial charge in [0.15, 0.2) is 12.3 Å². The quantitative estimate of drug-likeness (QED) is 0.438. The van der Waals surface area contributed by atoms with Crippen LogP contribution in [-0.4, -0.2) is 49.6 Å². The number of benzene rings is 2. The van der Waals surface area contributed by atoms with Crippen LogP contribution in [0.1, 0.15) is 50.2 Å². The molecule has 1 aliphatic heterocycles. The number of hydrogen-bond acceptors (Lipinski definition) is 5. The molecule has 1 saturated heterocycles. The highest BCUT2D eigenvalue weighted by Crippen LogP contribution is 2.27. The van der Waals surface area contributed by atoms with Crippen LogP contribution in [0.2, 0.25) is 0 Å². The Kier molecular flexibility index (Phi) is 11.0. The van der Waals surface area contributed by atoms with E-state index in [1.165, 1.54) is 11.1 Å². The molecule has 7 nitrogen and oxygen atoms in total. The average Bonchev–Trinajstić information content (AvgIpc) is 2.81. The third-order valence-corrected chi connectivity index (χ3v) is 5.41.